The molecule has 0 radical (unpaired) electrons. The fourth-order valence-corrected chi connectivity index (χ4v) is 14.7. The van der Waals surface area contributed by atoms with Crippen LogP contribution < -0.4 is 0 Å². The number of hydrogen-bond donors (Lipinski definition) is 0. The summed E-state index contributed by atoms with van der Waals surface area (Å²) in [5.74, 6) is 0. The summed E-state index contributed by atoms with van der Waals surface area (Å²) in [6.45, 7) is 36.4. The topological polar surface area (TPSA) is 30.9 Å². The molecule has 0 bridgehead atoms. The summed E-state index contributed by atoms with van der Waals surface area (Å²) in [6.07, 6.45) is 1.28. The first-order valence-corrected chi connectivity index (χ1v) is 18.5. The van der Waals surface area contributed by atoms with E-state index in [4.69, 9.17) is 13.3 Å². The lowest BCUT2D eigenvalue weighted by molar-refractivity contribution is 0.107. The van der Waals surface area contributed by atoms with Crippen LogP contribution in [0.1, 0.15) is 75.7 Å². The van der Waals surface area contributed by atoms with Gasteiger partial charge in [0.25, 0.3) is 0 Å². The molecule has 7 heteroatoms. The van der Waals surface area contributed by atoms with Crippen molar-refractivity contribution in [3.63, 3.8) is 0 Å². The summed E-state index contributed by atoms with van der Waals surface area (Å²) in [5, 5.41) is 0.884. The molecule has 28 heavy (non-hydrogen) atoms. The molecule has 0 N–H and O–H groups in total. The van der Waals surface area contributed by atoms with E-state index in [1.54, 1.807) is 0 Å². The van der Waals surface area contributed by atoms with Crippen LogP contribution in [0.25, 0.3) is 0 Å². The lowest BCUT2D eigenvalue weighted by atomic mass is 10.2. The van der Waals surface area contributed by atoms with Crippen molar-refractivity contribution in [1.29, 1.82) is 0 Å². The van der Waals surface area contributed by atoms with Crippen LogP contribution in [0.15, 0.2) is 0 Å². The molecular formula is C21H53NO3Si3. The van der Waals surface area contributed by atoms with Gasteiger partial charge in [0.2, 0.25) is 0 Å². The van der Waals surface area contributed by atoms with Gasteiger partial charge in [0.05, 0.1) is 0 Å². The number of hydrogen-bond acceptors (Lipinski definition) is 4. The molecule has 0 aromatic heterocycles. The van der Waals surface area contributed by atoms with Gasteiger partial charge in [-0.25, -0.2) is 0 Å². The van der Waals surface area contributed by atoms with E-state index in [0.717, 1.165) is 0 Å². The number of rotatable bonds is 10. The molecule has 0 unspecified atom stereocenters. The predicted octanol–water partition coefficient (Wildman–Crippen LogP) is 6.52. The third kappa shape index (κ3) is 9.53. The zero-order valence-corrected chi connectivity index (χ0v) is 24.9. The largest absolute Gasteiger partial charge is 0.484 e. The van der Waals surface area contributed by atoms with E-state index in [1.165, 1.54) is 13.0 Å². The Morgan fingerprint density at radius 1 is 0.643 bits per heavy atom. The van der Waals surface area contributed by atoms with Gasteiger partial charge in [0, 0.05) is 19.8 Å². The first kappa shape index (κ1) is 30.7. The maximum Gasteiger partial charge on any atom is 0.484 e. The van der Waals surface area contributed by atoms with Gasteiger partial charge in [-0.15, -0.1) is 0 Å². The molecule has 0 aliphatic heterocycles. The minimum absolute atomic E-state index is 0.442. The van der Waals surface area contributed by atoms with E-state index in [1.807, 2.05) is 20.8 Å². The molecule has 0 spiro atoms. The van der Waals surface area contributed by atoms with Crippen molar-refractivity contribution >= 4 is 26.0 Å². The SMILES string of the molecule is CCCN([Si](C)(C)C(C)(C)C)[Si](C)(C)C(C)(C)C.CCO[SiH](OCC)OCC. The standard InChI is InChI=1S/C15H37NSi2.C6H16O3Si/c1-12-13-16(17(8,9)14(2,3)4)18(10,11)15(5,6)7;1-4-7-10(8-5-2)9-6-3/h12-13H2,1-11H3;10H,4-6H2,1-3H3. The fraction of sp³-hybridized carbons (Fsp3) is 1.00. The Balaban J connectivity index is 0. The van der Waals surface area contributed by atoms with Crippen molar-refractivity contribution in [3.05, 3.63) is 0 Å². The summed E-state index contributed by atoms with van der Waals surface area (Å²) in [6, 6.07) is 0. The van der Waals surface area contributed by atoms with Crippen molar-refractivity contribution in [3.8, 4) is 0 Å². The van der Waals surface area contributed by atoms with E-state index in [9.17, 15) is 0 Å². The molecule has 0 saturated carbocycles. The molecule has 4 nitrogen and oxygen atoms in total. The lowest BCUT2D eigenvalue weighted by Gasteiger charge is -2.57. The Bertz CT molecular complexity index is 364. The van der Waals surface area contributed by atoms with Crippen LogP contribution >= 0.6 is 0 Å². The maximum absolute atomic E-state index is 5.22. The first-order valence-electron chi connectivity index (χ1n) is 11.2. The highest BCUT2D eigenvalue weighted by molar-refractivity contribution is 6.93. The third-order valence-electron chi connectivity index (χ3n) is 6.38. The summed E-state index contributed by atoms with van der Waals surface area (Å²) in [4.78, 5) is 0. The van der Waals surface area contributed by atoms with Crippen LogP contribution in [0.2, 0.25) is 36.3 Å². The van der Waals surface area contributed by atoms with Gasteiger partial charge >= 0.3 is 9.53 Å². The summed E-state index contributed by atoms with van der Waals surface area (Å²) >= 11 is 0. The highest BCUT2D eigenvalue weighted by atomic mass is 28.4. The predicted molar refractivity (Wildman–Crippen MR) is 133 cm³/mol. The smallest absolute Gasteiger partial charge is 0.376 e. The lowest BCUT2D eigenvalue weighted by Crippen LogP contribution is -2.68. The highest BCUT2D eigenvalue weighted by Gasteiger charge is 2.51. The quantitative estimate of drug-likeness (QED) is 0.354. The van der Waals surface area contributed by atoms with E-state index in [2.05, 4.69) is 78.9 Å². The molecule has 0 atom stereocenters. The molecular weight excluding hydrogens is 398 g/mol. The van der Waals surface area contributed by atoms with E-state index in [0.29, 0.717) is 29.9 Å². The summed E-state index contributed by atoms with van der Waals surface area (Å²) in [7, 11) is -4.54. The molecule has 0 heterocycles. The number of nitrogens with zero attached hydrogens (tertiary/aromatic N) is 1. The van der Waals surface area contributed by atoms with E-state index >= 15 is 0 Å². The van der Waals surface area contributed by atoms with Crippen molar-refractivity contribution in [2.45, 2.75) is 112 Å². The molecule has 0 aromatic carbocycles. The van der Waals surface area contributed by atoms with Gasteiger partial charge in [-0.3, -0.25) is 0 Å². The van der Waals surface area contributed by atoms with Crippen LogP contribution in [0.5, 0.6) is 0 Å². The minimum atomic E-state index is -1.73. The minimum Gasteiger partial charge on any atom is -0.376 e. The Kier molecular flexibility index (Phi) is 14.3. The molecule has 0 saturated heterocycles. The van der Waals surface area contributed by atoms with E-state index in [-0.39, 0.29) is 0 Å². The average Bonchev–Trinajstić information content (AvgIpc) is 2.51. The maximum atomic E-state index is 5.22. The first-order chi connectivity index (χ1) is 12.5. The third-order valence-corrected chi connectivity index (χ3v) is 22.0. The van der Waals surface area contributed by atoms with Gasteiger partial charge < -0.3 is 17.5 Å². The average molecular weight is 452 g/mol. The van der Waals surface area contributed by atoms with Crippen LogP contribution in [0, 0.1) is 0 Å². The monoisotopic (exact) mass is 451 g/mol. The summed E-state index contributed by atoms with van der Waals surface area (Å²) in [5.41, 5.74) is 0. The summed E-state index contributed by atoms with van der Waals surface area (Å²) < 4.78 is 18.7. The van der Waals surface area contributed by atoms with Gasteiger partial charge in [-0.05, 0) is 43.8 Å². The van der Waals surface area contributed by atoms with Crippen molar-refractivity contribution in [1.82, 2.24) is 4.23 Å². The fourth-order valence-electron chi connectivity index (χ4n) is 2.84. The van der Waals surface area contributed by atoms with Crippen LogP contribution in [-0.4, -0.2) is 56.6 Å². The van der Waals surface area contributed by atoms with Crippen molar-refractivity contribution in [2.75, 3.05) is 26.4 Å². The second-order valence-electron chi connectivity index (χ2n) is 10.4. The normalized spacial score (nSPS) is 13.7. The Labute approximate surface area is 181 Å². The Morgan fingerprint density at radius 2 is 0.929 bits per heavy atom. The van der Waals surface area contributed by atoms with Crippen LogP contribution in [0.4, 0.5) is 0 Å². The van der Waals surface area contributed by atoms with Gasteiger partial charge in [0.15, 0.2) is 0 Å². The molecule has 0 aromatic rings. The Morgan fingerprint density at radius 3 is 1.11 bits per heavy atom. The van der Waals surface area contributed by atoms with Crippen LogP contribution in [-0.2, 0) is 13.3 Å². The molecule has 172 valence electrons. The van der Waals surface area contributed by atoms with Gasteiger partial charge in [-0.1, -0.05) is 74.7 Å². The molecule has 0 amide bonds. The van der Waals surface area contributed by atoms with Crippen LogP contribution in [0.3, 0.4) is 0 Å². The highest BCUT2D eigenvalue weighted by Crippen LogP contribution is 2.46. The second kappa shape index (κ2) is 13.0. The zero-order chi connectivity index (χ0) is 22.8. The zero-order valence-electron chi connectivity index (χ0n) is 21.8. The molecule has 0 aliphatic carbocycles. The molecule has 0 aliphatic rings. The van der Waals surface area contributed by atoms with E-state index < -0.39 is 26.0 Å². The Hall–Kier alpha value is 0.491. The van der Waals surface area contributed by atoms with Crippen molar-refractivity contribution < 1.29 is 13.3 Å². The molecule has 0 rings (SSSR count). The van der Waals surface area contributed by atoms with Gasteiger partial charge in [-0.2, -0.15) is 0 Å². The molecule has 0 fully saturated rings. The van der Waals surface area contributed by atoms with Gasteiger partial charge in [0.1, 0.15) is 16.5 Å². The second-order valence-corrected chi connectivity index (χ2v) is 22.8. The van der Waals surface area contributed by atoms with Crippen molar-refractivity contribution in [2.24, 2.45) is 0 Å².